The number of Topliss-reactive ketones (excluding diaryl/α,β-unsaturated/α-hetero) is 2. The zero-order valence-corrected chi connectivity index (χ0v) is 17.8. The largest absolute Gasteiger partial charge is 0.349 e. The lowest BCUT2D eigenvalue weighted by molar-refractivity contribution is -0.148. The topological polar surface area (TPSA) is 80.8 Å². The molecule has 0 bridgehead atoms. The SMILES string of the molecule is O=C1[C@H]2[C@@H](c3cccc(F)c3)OC3(C(=O)c4ccccc4C3=O)[C@H]2C(=O)N1C1CCCCC1. The minimum Gasteiger partial charge on any atom is -0.349 e. The Balaban J connectivity index is 1.51. The lowest BCUT2D eigenvalue weighted by atomic mass is 9.77. The van der Waals surface area contributed by atoms with E-state index in [9.17, 15) is 23.6 Å². The van der Waals surface area contributed by atoms with E-state index in [2.05, 4.69) is 0 Å². The molecular weight excluding hydrogens is 425 g/mol. The highest BCUT2D eigenvalue weighted by molar-refractivity contribution is 6.35. The van der Waals surface area contributed by atoms with Gasteiger partial charge in [0.15, 0.2) is 0 Å². The predicted octanol–water partition coefficient (Wildman–Crippen LogP) is 3.65. The molecule has 6 nitrogen and oxygen atoms in total. The molecule has 7 heteroatoms. The van der Waals surface area contributed by atoms with Crippen LogP contribution in [0, 0.1) is 17.7 Å². The Bertz CT molecular complexity index is 1180. The number of benzene rings is 2. The quantitative estimate of drug-likeness (QED) is 0.519. The van der Waals surface area contributed by atoms with E-state index in [0.717, 1.165) is 19.3 Å². The van der Waals surface area contributed by atoms with Crippen LogP contribution in [0.1, 0.15) is 64.5 Å². The Morgan fingerprint density at radius 3 is 2.15 bits per heavy atom. The van der Waals surface area contributed by atoms with Crippen molar-refractivity contribution in [3.63, 3.8) is 0 Å². The number of fused-ring (bicyclic) bond motifs is 3. The van der Waals surface area contributed by atoms with E-state index in [4.69, 9.17) is 4.74 Å². The fourth-order valence-electron chi connectivity index (χ4n) is 6.22. The molecule has 6 rings (SSSR count). The van der Waals surface area contributed by atoms with E-state index < -0.39 is 52.7 Å². The number of carbonyl (C=O) groups excluding carboxylic acids is 4. The molecular formula is C26H22FNO5. The number of hydrogen-bond donors (Lipinski definition) is 0. The first-order valence-electron chi connectivity index (χ1n) is 11.4. The number of hydrogen-bond acceptors (Lipinski definition) is 5. The van der Waals surface area contributed by atoms with Crippen molar-refractivity contribution in [2.24, 2.45) is 11.8 Å². The first-order valence-corrected chi connectivity index (χ1v) is 11.4. The molecule has 2 amide bonds. The molecule has 2 aromatic rings. The number of nitrogens with zero attached hydrogens (tertiary/aromatic N) is 1. The summed E-state index contributed by atoms with van der Waals surface area (Å²) in [7, 11) is 0. The van der Waals surface area contributed by atoms with Gasteiger partial charge in [0, 0.05) is 17.2 Å². The van der Waals surface area contributed by atoms with Crippen LogP contribution in [0.25, 0.3) is 0 Å². The van der Waals surface area contributed by atoms with Crippen LogP contribution in [-0.4, -0.2) is 39.9 Å². The van der Waals surface area contributed by atoms with Crippen molar-refractivity contribution in [3.8, 4) is 0 Å². The molecule has 0 radical (unpaired) electrons. The first kappa shape index (κ1) is 20.4. The highest BCUT2D eigenvalue weighted by Gasteiger charge is 2.75. The second kappa shape index (κ2) is 7.15. The normalized spacial score (nSPS) is 28.6. The number of halogens is 1. The Hall–Kier alpha value is -3.19. The zero-order valence-electron chi connectivity index (χ0n) is 17.8. The van der Waals surface area contributed by atoms with Crippen molar-refractivity contribution in [2.75, 3.05) is 0 Å². The van der Waals surface area contributed by atoms with E-state index in [1.165, 1.54) is 23.1 Å². The van der Waals surface area contributed by atoms with Gasteiger partial charge in [0.05, 0.1) is 17.9 Å². The van der Waals surface area contributed by atoms with Gasteiger partial charge in [-0.25, -0.2) is 4.39 Å². The maximum Gasteiger partial charge on any atom is 0.237 e. The van der Waals surface area contributed by atoms with Crippen molar-refractivity contribution >= 4 is 23.4 Å². The molecule has 4 aliphatic rings. The smallest absolute Gasteiger partial charge is 0.237 e. The fraction of sp³-hybridized carbons (Fsp3) is 0.385. The fourth-order valence-corrected chi connectivity index (χ4v) is 6.22. The lowest BCUT2D eigenvalue weighted by Crippen LogP contribution is -2.52. The highest BCUT2D eigenvalue weighted by atomic mass is 19.1. The Morgan fingerprint density at radius 1 is 0.848 bits per heavy atom. The number of likely N-dealkylation sites (tertiary alicyclic amines) is 1. The van der Waals surface area contributed by atoms with Crippen molar-refractivity contribution in [2.45, 2.75) is 49.9 Å². The summed E-state index contributed by atoms with van der Waals surface area (Å²) in [4.78, 5) is 56.1. The number of ether oxygens (including phenoxy) is 1. The van der Waals surface area contributed by atoms with Crippen molar-refractivity contribution < 1.29 is 28.3 Å². The van der Waals surface area contributed by atoms with E-state index in [1.54, 1.807) is 30.3 Å². The summed E-state index contributed by atoms with van der Waals surface area (Å²) in [5, 5.41) is 0. The second-order valence-electron chi connectivity index (χ2n) is 9.37. The predicted molar refractivity (Wildman–Crippen MR) is 114 cm³/mol. The highest BCUT2D eigenvalue weighted by Crippen LogP contribution is 2.57. The van der Waals surface area contributed by atoms with Gasteiger partial charge in [-0.2, -0.15) is 0 Å². The summed E-state index contributed by atoms with van der Waals surface area (Å²) in [5.74, 6) is -4.98. The van der Waals surface area contributed by atoms with E-state index >= 15 is 0 Å². The molecule has 0 unspecified atom stereocenters. The molecule has 33 heavy (non-hydrogen) atoms. The number of imide groups is 1. The van der Waals surface area contributed by atoms with Crippen LogP contribution in [0.5, 0.6) is 0 Å². The molecule has 1 saturated carbocycles. The number of carbonyl (C=O) groups is 4. The van der Waals surface area contributed by atoms with Crippen LogP contribution in [0.2, 0.25) is 0 Å². The van der Waals surface area contributed by atoms with Gasteiger partial charge < -0.3 is 4.74 Å². The van der Waals surface area contributed by atoms with E-state index in [1.807, 2.05) is 0 Å². The van der Waals surface area contributed by atoms with Crippen LogP contribution >= 0.6 is 0 Å². The first-order chi connectivity index (χ1) is 15.9. The number of rotatable bonds is 2. The Labute approximate surface area is 189 Å². The van der Waals surface area contributed by atoms with Gasteiger partial charge in [-0.05, 0) is 30.5 Å². The Morgan fingerprint density at radius 2 is 1.52 bits per heavy atom. The van der Waals surface area contributed by atoms with Crippen LogP contribution in [0.3, 0.4) is 0 Å². The average Bonchev–Trinajstić information content (AvgIpc) is 3.40. The monoisotopic (exact) mass is 447 g/mol. The lowest BCUT2D eigenvalue weighted by Gasteiger charge is -2.33. The summed E-state index contributed by atoms with van der Waals surface area (Å²) < 4.78 is 20.3. The molecule has 2 aromatic carbocycles. The minimum atomic E-state index is -2.10. The molecule has 1 spiro atoms. The second-order valence-corrected chi connectivity index (χ2v) is 9.37. The summed E-state index contributed by atoms with van der Waals surface area (Å²) in [5.41, 5.74) is -1.37. The van der Waals surface area contributed by atoms with Gasteiger partial charge in [0.25, 0.3) is 0 Å². The maximum absolute atomic E-state index is 14.1. The van der Waals surface area contributed by atoms with Gasteiger partial charge >= 0.3 is 0 Å². The van der Waals surface area contributed by atoms with E-state index in [-0.39, 0.29) is 17.2 Å². The molecule has 2 heterocycles. The van der Waals surface area contributed by atoms with Crippen LogP contribution in [0.4, 0.5) is 4.39 Å². The third-order valence-electron chi connectivity index (χ3n) is 7.67. The molecule has 0 N–H and O–H groups in total. The van der Waals surface area contributed by atoms with Crippen molar-refractivity contribution in [1.82, 2.24) is 4.90 Å². The summed E-state index contributed by atoms with van der Waals surface area (Å²) in [6, 6.07) is 11.7. The van der Waals surface area contributed by atoms with Crippen LogP contribution in [0.15, 0.2) is 48.5 Å². The molecule has 2 saturated heterocycles. The average molecular weight is 447 g/mol. The molecule has 3 atom stereocenters. The maximum atomic E-state index is 14.1. The van der Waals surface area contributed by atoms with Crippen molar-refractivity contribution in [3.05, 3.63) is 71.0 Å². The molecule has 0 aromatic heterocycles. The van der Waals surface area contributed by atoms with Gasteiger partial charge in [-0.15, -0.1) is 0 Å². The molecule has 2 aliphatic heterocycles. The van der Waals surface area contributed by atoms with Crippen molar-refractivity contribution in [1.29, 1.82) is 0 Å². The number of amides is 2. The number of ketones is 2. The van der Waals surface area contributed by atoms with Crippen LogP contribution < -0.4 is 0 Å². The van der Waals surface area contributed by atoms with Gasteiger partial charge in [-0.1, -0.05) is 55.7 Å². The Kier molecular flexibility index (Phi) is 4.43. The third-order valence-corrected chi connectivity index (χ3v) is 7.67. The molecule has 168 valence electrons. The standard InChI is InChI=1S/C26H22FNO5/c27-15-8-6-7-14(13-15)21-19-20(25(32)28(24(19)31)16-9-2-1-3-10-16)26(33-21)22(29)17-11-4-5-12-18(17)23(26)30/h4-8,11-13,16,19-21H,1-3,9-10H2/t19-,20-,21-/m1/s1. The summed E-state index contributed by atoms with van der Waals surface area (Å²) >= 11 is 0. The van der Waals surface area contributed by atoms with Gasteiger partial charge in [-0.3, -0.25) is 24.1 Å². The summed E-state index contributed by atoms with van der Waals surface area (Å²) in [6.45, 7) is 0. The van der Waals surface area contributed by atoms with Crippen LogP contribution in [-0.2, 0) is 14.3 Å². The van der Waals surface area contributed by atoms with E-state index in [0.29, 0.717) is 18.4 Å². The molecule has 2 aliphatic carbocycles. The summed E-state index contributed by atoms with van der Waals surface area (Å²) in [6.07, 6.45) is 3.21. The minimum absolute atomic E-state index is 0.192. The molecule has 3 fully saturated rings. The third kappa shape index (κ3) is 2.63. The van der Waals surface area contributed by atoms with Gasteiger partial charge in [0.1, 0.15) is 5.82 Å². The van der Waals surface area contributed by atoms with Gasteiger partial charge in [0.2, 0.25) is 29.0 Å². The zero-order chi connectivity index (χ0) is 22.9.